The van der Waals surface area contributed by atoms with E-state index in [1.165, 1.54) is 0 Å². The summed E-state index contributed by atoms with van der Waals surface area (Å²) in [6.07, 6.45) is 1.60. The zero-order valence-corrected chi connectivity index (χ0v) is 6.00. The highest BCUT2D eigenvalue weighted by atomic mass is 15.2. The Hall–Kier alpha value is -1.65. The molecule has 11 heavy (non-hydrogen) atoms. The van der Waals surface area contributed by atoms with Gasteiger partial charge >= 0.3 is 0 Å². The molecule has 0 unspecified atom stereocenters. The number of nitrogens with one attached hydrogen (secondary N) is 1. The van der Waals surface area contributed by atoms with Crippen molar-refractivity contribution in [3.8, 4) is 0 Å². The van der Waals surface area contributed by atoms with Crippen LogP contribution in [0.5, 0.6) is 0 Å². The Morgan fingerprint density at radius 1 is 1.45 bits per heavy atom. The van der Waals surface area contributed by atoms with Gasteiger partial charge in [0.1, 0.15) is 11.3 Å². The maximum absolute atomic E-state index is 5.53. The number of H-pyrrole nitrogens is 1. The standard InChI is InChI=1S/C6H7N5/c1-3-5(7)10-4-2-8-11-6(4)9-3/h2H,1H3,(H2,7,10)(H,8,9,11). The summed E-state index contributed by atoms with van der Waals surface area (Å²) < 4.78 is 0. The van der Waals surface area contributed by atoms with Gasteiger partial charge in [0.25, 0.3) is 0 Å². The van der Waals surface area contributed by atoms with Crippen molar-refractivity contribution >= 4 is 17.0 Å². The molecule has 0 aliphatic rings. The summed E-state index contributed by atoms with van der Waals surface area (Å²) in [4.78, 5) is 8.19. The zero-order chi connectivity index (χ0) is 7.84. The van der Waals surface area contributed by atoms with Crippen LogP contribution in [0.4, 0.5) is 5.82 Å². The van der Waals surface area contributed by atoms with Crippen LogP contribution in [0, 0.1) is 6.92 Å². The Morgan fingerprint density at radius 2 is 2.27 bits per heavy atom. The maximum atomic E-state index is 5.53. The van der Waals surface area contributed by atoms with Crippen LogP contribution in [-0.2, 0) is 0 Å². The monoisotopic (exact) mass is 149 g/mol. The van der Waals surface area contributed by atoms with Gasteiger partial charge in [0.2, 0.25) is 0 Å². The van der Waals surface area contributed by atoms with Gasteiger partial charge in [0.05, 0.1) is 11.9 Å². The summed E-state index contributed by atoms with van der Waals surface area (Å²) in [5.41, 5.74) is 7.63. The SMILES string of the molecule is Cc1nc2[nH]ncc2nc1N. The molecule has 0 spiro atoms. The van der Waals surface area contributed by atoms with E-state index in [1.807, 2.05) is 6.92 Å². The lowest BCUT2D eigenvalue weighted by Crippen LogP contribution is -1.96. The molecule has 0 aliphatic carbocycles. The first-order valence-electron chi connectivity index (χ1n) is 3.20. The van der Waals surface area contributed by atoms with E-state index >= 15 is 0 Å². The highest BCUT2D eigenvalue weighted by Crippen LogP contribution is 2.09. The third-order valence-electron chi connectivity index (χ3n) is 1.49. The smallest absolute Gasteiger partial charge is 0.174 e. The third-order valence-corrected chi connectivity index (χ3v) is 1.49. The number of rotatable bonds is 0. The van der Waals surface area contributed by atoms with Crippen molar-refractivity contribution in [3.63, 3.8) is 0 Å². The van der Waals surface area contributed by atoms with E-state index in [-0.39, 0.29) is 0 Å². The zero-order valence-electron chi connectivity index (χ0n) is 6.00. The van der Waals surface area contributed by atoms with Crippen LogP contribution in [0.1, 0.15) is 5.69 Å². The number of nitrogens with zero attached hydrogens (tertiary/aromatic N) is 3. The Morgan fingerprint density at radius 3 is 3.09 bits per heavy atom. The topological polar surface area (TPSA) is 80.5 Å². The molecular formula is C6H7N5. The summed E-state index contributed by atoms with van der Waals surface area (Å²) in [6, 6.07) is 0. The molecule has 2 aromatic rings. The number of nitrogen functional groups attached to an aromatic ring is 1. The lowest BCUT2D eigenvalue weighted by molar-refractivity contribution is 1.08. The number of nitrogens with two attached hydrogens (primary N) is 1. The van der Waals surface area contributed by atoms with Crippen molar-refractivity contribution in [2.45, 2.75) is 6.92 Å². The van der Waals surface area contributed by atoms with Crippen molar-refractivity contribution in [1.29, 1.82) is 0 Å². The number of hydrogen-bond acceptors (Lipinski definition) is 4. The first-order chi connectivity index (χ1) is 5.27. The molecular weight excluding hydrogens is 142 g/mol. The van der Waals surface area contributed by atoms with Crippen molar-refractivity contribution < 1.29 is 0 Å². The summed E-state index contributed by atoms with van der Waals surface area (Å²) >= 11 is 0. The number of anilines is 1. The second kappa shape index (κ2) is 1.91. The largest absolute Gasteiger partial charge is 0.382 e. The quantitative estimate of drug-likeness (QED) is 0.562. The first-order valence-corrected chi connectivity index (χ1v) is 3.20. The van der Waals surface area contributed by atoms with Gasteiger partial charge in [-0.15, -0.1) is 0 Å². The summed E-state index contributed by atoms with van der Waals surface area (Å²) in [7, 11) is 0. The molecule has 0 amide bonds. The van der Waals surface area contributed by atoms with Gasteiger partial charge in [-0.3, -0.25) is 5.10 Å². The maximum Gasteiger partial charge on any atom is 0.174 e. The van der Waals surface area contributed by atoms with Crippen LogP contribution < -0.4 is 5.73 Å². The van der Waals surface area contributed by atoms with E-state index in [4.69, 9.17) is 5.73 Å². The Labute approximate surface area is 62.7 Å². The second-order valence-corrected chi connectivity index (χ2v) is 2.30. The first kappa shape index (κ1) is 6.09. The third kappa shape index (κ3) is 0.813. The predicted molar refractivity (Wildman–Crippen MR) is 40.8 cm³/mol. The number of aryl methyl sites for hydroxylation is 1. The van der Waals surface area contributed by atoms with Gasteiger partial charge in [0.15, 0.2) is 5.65 Å². The van der Waals surface area contributed by atoms with Gasteiger partial charge in [-0.05, 0) is 6.92 Å². The molecule has 0 atom stereocenters. The minimum absolute atomic E-state index is 0.457. The van der Waals surface area contributed by atoms with Gasteiger partial charge in [0, 0.05) is 0 Å². The molecule has 2 heterocycles. The van der Waals surface area contributed by atoms with Crippen LogP contribution in [0.25, 0.3) is 11.2 Å². The molecule has 2 rings (SSSR count). The molecule has 0 radical (unpaired) electrons. The second-order valence-electron chi connectivity index (χ2n) is 2.30. The summed E-state index contributed by atoms with van der Waals surface area (Å²) in [5.74, 6) is 0.457. The average molecular weight is 149 g/mol. The molecule has 0 fully saturated rings. The van der Waals surface area contributed by atoms with Gasteiger partial charge in [-0.2, -0.15) is 5.10 Å². The number of hydrogen-bond donors (Lipinski definition) is 2. The van der Waals surface area contributed by atoms with E-state index in [1.54, 1.807) is 6.20 Å². The fraction of sp³-hybridized carbons (Fsp3) is 0.167. The Kier molecular flexibility index (Phi) is 1.06. The van der Waals surface area contributed by atoms with Crippen LogP contribution in [-0.4, -0.2) is 20.2 Å². The van der Waals surface area contributed by atoms with Crippen molar-refractivity contribution in [1.82, 2.24) is 20.2 Å². The normalized spacial score (nSPS) is 10.6. The number of aromatic amines is 1. The molecule has 0 aromatic carbocycles. The number of fused-ring (bicyclic) bond motifs is 1. The highest BCUT2D eigenvalue weighted by Gasteiger charge is 2.01. The Balaban J connectivity index is 2.86. The van der Waals surface area contributed by atoms with Gasteiger partial charge in [-0.25, -0.2) is 9.97 Å². The minimum atomic E-state index is 0.457. The molecule has 0 saturated carbocycles. The highest BCUT2D eigenvalue weighted by molar-refractivity contribution is 5.70. The fourth-order valence-electron chi connectivity index (χ4n) is 0.873. The van der Waals surface area contributed by atoms with Gasteiger partial charge < -0.3 is 5.73 Å². The van der Waals surface area contributed by atoms with Crippen LogP contribution in [0.2, 0.25) is 0 Å². The van der Waals surface area contributed by atoms with Crippen LogP contribution in [0.15, 0.2) is 6.20 Å². The van der Waals surface area contributed by atoms with Crippen molar-refractivity contribution in [2.75, 3.05) is 5.73 Å². The lowest BCUT2D eigenvalue weighted by atomic mass is 10.4. The molecule has 0 aliphatic heterocycles. The average Bonchev–Trinajstić information content (AvgIpc) is 2.36. The summed E-state index contributed by atoms with van der Waals surface area (Å²) in [6.45, 7) is 1.81. The predicted octanol–water partition coefficient (Wildman–Crippen LogP) is 0.244. The van der Waals surface area contributed by atoms with E-state index < -0.39 is 0 Å². The van der Waals surface area contributed by atoms with Crippen LogP contribution in [0.3, 0.4) is 0 Å². The summed E-state index contributed by atoms with van der Waals surface area (Å²) in [5, 5.41) is 6.49. The molecule has 0 saturated heterocycles. The molecule has 5 nitrogen and oxygen atoms in total. The fourth-order valence-corrected chi connectivity index (χ4v) is 0.873. The van der Waals surface area contributed by atoms with Gasteiger partial charge in [-0.1, -0.05) is 0 Å². The molecule has 0 bridgehead atoms. The minimum Gasteiger partial charge on any atom is -0.382 e. The van der Waals surface area contributed by atoms with Crippen molar-refractivity contribution in [3.05, 3.63) is 11.9 Å². The Bertz CT molecular complexity index is 355. The van der Waals surface area contributed by atoms with Crippen molar-refractivity contribution in [2.24, 2.45) is 0 Å². The lowest BCUT2D eigenvalue weighted by Gasteiger charge is -1.95. The molecule has 2 aromatic heterocycles. The molecule has 5 heteroatoms. The molecule has 3 N–H and O–H groups in total. The van der Waals surface area contributed by atoms with E-state index in [0.717, 1.165) is 5.69 Å². The molecule has 56 valence electrons. The van der Waals surface area contributed by atoms with E-state index in [9.17, 15) is 0 Å². The van der Waals surface area contributed by atoms with E-state index in [0.29, 0.717) is 17.0 Å². The van der Waals surface area contributed by atoms with E-state index in [2.05, 4.69) is 20.2 Å². The van der Waals surface area contributed by atoms with Crippen LogP contribution >= 0.6 is 0 Å². The number of aromatic nitrogens is 4.